The summed E-state index contributed by atoms with van der Waals surface area (Å²) in [5.74, 6) is -0.690. The first-order valence-corrected chi connectivity index (χ1v) is 5.71. The highest BCUT2D eigenvalue weighted by molar-refractivity contribution is 5.67. The lowest BCUT2D eigenvalue weighted by molar-refractivity contribution is -0.139. The van der Waals surface area contributed by atoms with Crippen LogP contribution in [0.2, 0.25) is 0 Å². The van der Waals surface area contributed by atoms with Gasteiger partial charge in [0.05, 0.1) is 6.42 Å². The van der Waals surface area contributed by atoms with E-state index >= 15 is 0 Å². The van der Waals surface area contributed by atoms with Crippen LogP contribution in [0.4, 0.5) is 0 Å². The molecule has 86 valence electrons. The third-order valence-corrected chi connectivity index (χ3v) is 3.38. The smallest absolute Gasteiger partial charge is 0.304 e. The lowest BCUT2D eigenvalue weighted by Crippen LogP contribution is -2.64. The third-order valence-electron chi connectivity index (χ3n) is 3.38. The Kier molecular flexibility index (Phi) is 2.73. The van der Waals surface area contributed by atoms with Crippen LogP contribution in [0.1, 0.15) is 33.1 Å². The number of nitrogens with zero attached hydrogens (tertiary/aromatic N) is 1. The molecule has 1 heterocycles. The fourth-order valence-corrected chi connectivity index (χ4v) is 2.75. The van der Waals surface area contributed by atoms with E-state index in [0.29, 0.717) is 6.04 Å². The summed E-state index contributed by atoms with van der Waals surface area (Å²) in [7, 11) is 0. The SMILES string of the molecule is CC1(C)CNCC(CC(=O)O)N1C1CC1. The second-order valence-corrected chi connectivity index (χ2v) is 5.33. The number of hydrogen-bond acceptors (Lipinski definition) is 3. The van der Waals surface area contributed by atoms with E-state index in [1.165, 1.54) is 12.8 Å². The molecule has 0 aromatic carbocycles. The van der Waals surface area contributed by atoms with Crippen LogP contribution in [-0.4, -0.2) is 46.7 Å². The van der Waals surface area contributed by atoms with Gasteiger partial charge in [-0.25, -0.2) is 0 Å². The van der Waals surface area contributed by atoms with Gasteiger partial charge in [-0.05, 0) is 26.7 Å². The highest BCUT2D eigenvalue weighted by Gasteiger charge is 2.44. The molecule has 4 nitrogen and oxygen atoms in total. The van der Waals surface area contributed by atoms with E-state index in [0.717, 1.165) is 13.1 Å². The van der Waals surface area contributed by atoms with E-state index in [4.69, 9.17) is 5.11 Å². The molecule has 0 spiro atoms. The molecule has 1 aliphatic carbocycles. The fraction of sp³-hybridized carbons (Fsp3) is 0.909. The van der Waals surface area contributed by atoms with Crippen LogP contribution < -0.4 is 5.32 Å². The lowest BCUT2D eigenvalue weighted by atomic mass is 9.94. The van der Waals surface area contributed by atoms with Gasteiger partial charge in [-0.3, -0.25) is 9.69 Å². The van der Waals surface area contributed by atoms with Gasteiger partial charge in [0.25, 0.3) is 0 Å². The van der Waals surface area contributed by atoms with E-state index in [-0.39, 0.29) is 18.0 Å². The molecule has 15 heavy (non-hydrogen) atoms. The second-order valence-electron chi connectivity index (χ2n) is 5.33. The molecule has 2 aliphatic rings. The Morgan fingerprint density at radius 2 is 2.20 bits per heavy atom. The molecule has 1 saturated carbocycles. The molecule has 1 aliphatic heterocycles. The number of rotatable bonds is 3. The second kappa shape index (κ2) is 3.76. The minimum atomic E-state index is -0.690. The quantitative estimate of drug-likeness (QED) is 0.722. The molecule has 2 N–H and O–H groups in total. The van der Waals surface area contributed by atoms with Crippen molar-refractivity contribution in [2.45, 2.75) is 50.7 Å². The van der Waals surface area contributed by atoms with Crippen LogP contribution in [0.15, 0.2) is 0 Å². The van der Waals surface area contributed by atoms with E-state index < -0.39 is 5.97 Å². The van der Waals surface area contributed by atoms with Crippen molar-refractivity contribution >= 4 is 5.97 Å². The summed E-state index contributed by atoms with van der Waals surface area (Å²) >= 11 is 0. The van der Waals surface area contributed by atoms with Gasteiger partial charge in [0.2, 0.25) is 0 Å². The number of aliphatic carboxylic acids is 1. The first-order valence-electron chi connectivity index (χ1n) is 5.71. The highest BCUT2D eigenvalue weighted by Crippen LogP contribution is 2.36. The van der Waals surface area contributed by atoms with E-state index in [1.54, 1.807) is 0 Å². The van der Waals surface area contributed by atoms with Crippen molar-refractivity contribution in [2.24, 2.45) is 0 Å². The summed E-state index contributed by atoms with van der Waals surface area (Å²) in [6, 6.07) is 0.796. The molecule has 0 amide bonds. The molecule has 0 radical (unpaired) electrons. The fourth-order valence-electron chi connectivity index (χ4n) is 2.75. The maximum Gasteiger partial charge on any atom is 0.304 e. The number of piperazine rings is 1. The van der Waals surface area contributed by atoms with Crippen molar-refractivity contribution in [3.8, 4) is 0 Å². The van der Waals surface area contributed by atoms with E-state index in [9.17, 15) is 4.79 Å². The van der Waals surface area contributed by atoms with Crippen molar-refractivity contribution in [3.63, 3.8) is 0 Å². The lowest BCUT2D eigenvalue weighted by Gasteiger charge is -2.48. The normalized spacial score (nSPS) is 31.5. The maximum atomic E-state index is 10.8. The Labute approximate surface area is 90.6 Å². The van der Waals surface area contributed by atoms with Gasteiger partial charge >= 0.3 is 5.97 Å². The van der Waals surface area contributed by atoms with Gasteiger partial charge in [0.1, 0.15) is 0 Å². The van der Waals surface area contributed by atoms with Crippen LogP contribution in [0.25, 0.3) is 0 Å². The molecular weight excluding hydrogens is 192 g/mol. The molecular formula is C11H20N2O2. The number of carboxylic acids is 1. The Balaban J connectivity index is 2.09. The summed E-state index contributed by atoms with van der Waals surface area (Å²) in [6.45, 7) is 6.17. The van der Waals surface area contributed by atoms with Crippen LogP contribution in [0.3, 0.4) is 0 Å². The molecule has 2 rings (SSSR count). The first-order chi connectivity index (χ1) is 7.00. The molecule has 2 fully saturated rings. The maximum absolute atomic E-state index is 10.8. The summed E-state index contributed by atoms with van der Waals surface area (Å²) in [4.78, 5) is 13.2. The number of carbonyl (C=O) groups is 1. The van der Waals surface area contributed by atoms with E-state index in [1.807, 2.05) is 0 Å². The molecule has 0 aromatic heterocycles. The minimum absolute atomic E-state index is 0.0968. The topological polar surface area (TPSA) is 52.6 Å². The zero-order valence-electron chi connectivity index (χ0n) is 9.49. The number of nitrogens with one attached hydrogen (secondary N) is 1. The van der Waals surface area contributed by atoms with Gasteiger partial charge in [0.15, 0.2) is 0 Å². The van der Waals surface area contributed by atoms with Crippen molar-refractivity contribution in [3.05, 3.63) is 0 Å². The Morgan fingerprint density at radius 3 is 2.73 bits per heavy atom. The molecule has 1 atom stereocenters. The van der Waals surface area contributed by atoms with Crippen molar-refractivity contribution < 1.29 is 9.90 Å². The van der Waals surface area contributed by atoms with Crippen LogP contribution in [0, 0.1) is 0 Å². The van der Waals surface area contributed by atoms with Gasteiger partial charge < -0.3 is 10.4 Å². The van der Waals surface area contributed by atoms with Crippen LogP contribution in [-0.2, 0) is 4.79 Å². The van der Waals surface area contributed by atoms with Crippen molar-refractivity contribution in [2.75, 3.05) is 13.1 Å². The van der Waals surface area contributed by atoms with Crippen LogP contribution in [0.5, 0.6) is 0 Å². The summed E-state index contributed by atoms with van der Waals surface area (Å²) in [6.07, 6.45) is 2.73. The predicted octanol–water partition coefficient (Wildman–Crippen LogP) is 0.676. The van der Waals surface area contributed by atoms with Crippen molar-refractivity contribution in [1.29, 1.82) is 0 Å². The zero-order chi connectivity index (χ0) is 11.1. The summed E-state index contributed by atoms with van der Waals surface area (Å²) in [5, 5.41) is 12.2. The number of carboxylic acid groups (broad SMARTS) is 1. The van der Waals surface area contributed by atoms with Gasteiger partial charge in [-0.1, -0.05) is 0 Å². The Morgan fingerprint density at radius 1 is 1.53 bits per heavy atom. The Hall–Kier alpha value is -0.610. The van der Waals surface area contributed by atoms with Crippen LogP contribution >= 0.6 is 0 Å². The number of hydrogen-bond donors (Lipinski definition) is 2. The average Bonchev–Trinajstić information content (AvgIpc) is 2.84. The summed E-state index contributed by atoms with van der Waals surface area (Å²) in [5.41, 5.74) is 0.0968. The average molecular weight is 212 g/mol. The zero-order valence-corrected chi connectivity index (χ0v) is 9.49. The molecule has 0 aromatic rings. The molecule has 4 heteroatoms. The van der Waals surface area contributed by atoms with Gasteiger partial charge in [-0.15, -0.1) is 0 Å². The predicted molar refractivity (Wildman–Crippen MR) is 57.9 cm³/mol. The minimum Gasteiger partial charge on any atom is -0.481 e. The molecule has 1 saturated heterocycles. The monoisotopic (exact) mass is 212 g/mol. The van der Waals surface area contributed by atoms with Crippen molar-refractivity contribution in [1.82, 2.24) is 10.2 Å². The van der Waals surface area contributed by atoms with Gasteiger partial charge in [-0.2, -0.15) is 0 Å². The third kappa shape index (κ3) is 2.32. The standard InChI is InChI=1S/C11H20N2O2/c1-11(2)7-12-6-9(5-10(14)15)13(11)8-3-4-8/h8-9,12H,3-7H2,1-2H3,(H,14,15). The molecule has 0 bridgehead atoms. The largest absolute Gasteiger partial charge is 0.481 e. The van der Waals surface area contributed by atoms with E-state index in [2.05, 4.69) is 24.1 Å². The first kappa shape index (κ1) is 10.9. The Bertz CT molecular complexity index is 261. The summed E-state index contributed by atoms with van der Waals surface area (Å²) < 4.78 is 0. The highest BCUT2D eigenvalue weighted by atomic mass is 16.4. The molecule has 1 unspecified atom stereocenters. The van der Waals surface area contributed by atoms with Gasteiger partial charge in [0, 0.05) is 30.7 Å².